The number of piperidine rings is 1. The minimum absolute atomic E-state index is 0.456. The number of likely N-dealkylation sites (N-methyl/N-ethyl adjacent to an activating group) is 1. The monoisotopic (exact) mass is 281 g/mol. The van der Waals surface area contributed by atoms with E-state index >= 15 is 0 Å². The van der Waals surface area contributed by atoms with Crippen molar-refractivity contribution in [1.29, 1.82) is 0 Å². The van der Waals surface area contributed by atoms with Crippen LogP contribution in [0.25, 0.3) is 0 Å². The molecule has 3 atom stereocenters. The van der Waals surface area contributed by atoms with Crippen LogP contribution in [0.4, 0.5) is 0 Å². The molecule has 2 saturated heterocycles. The molecule has 0 aromatic rings. The van der Waals surface area contributed by atoms with Crippen molar-refractivity contribution >= 4 is 22.6 Å². The number of rotatable bonds is 1. The molecule has 0 aromatic carbocycles. The first-order valence-electron chi connectivity index (χ1n) is 4.62. The second-order valence-electron chi connectivity index (χ2n) is 3.95. The van der Waals surface area contributed by atoms with Crippen LogP contribution in [0.5, 0.6) is 0 Å². The van der Waals surface area contributed by atoms with E-state index in [9.17, 15) is 0 Å². The number of nitrogens with zero attached hydrogens (tertiary/aromatic N) is 1. The highest BCUT2D eigenvalue weighted by Gasteiger charge is 2.48. The summed E-state index contributed by atoms with van der Waals surface area (Å²) in [6.45, 7) is 0. The Morgan fingerprint density at radius 2 is 2.08 bits per heavy atom. The largest absolute Gasteiger partial charge is 0.380 e. The summed E-state index contributed by atoms with van der Waals surface area (Å²) in [5.74, 6) is 0. The molecule has 0 spiro atoms. The number of alkyl halides is 1. The first kappa shape index (κ1) is 9.21. The normalized spacial score (nSPS) is 48.2. The number of hydrogen-bond donors (Lipinski definition) is 0. The van der Waals surface area contributed by atoms with Crippen molar-refractivity contribution in [3.63, 3.8) is 0 Å². The molecule has 0 radical (unpaired) electrons. The van der Waals surface area contributed by atoms with Crippen LogP contribution >= 0.6 is 22.6 Å². The third-order valence-electron chi connectivity index (χ3n) is 3.50. The predicted molar refractivity (Wildman–Crippen MR) is 57.6 cm³/mol. The fourth-order valence-corrected chi connectivity index (χ4v) is 3.58. The molecule has 0 aromatic heterocycles. The lowest BCUT2D eigenvalue weighted by Crippen LogP contribution is -2.50. The summed E-state index contributed by atoms with van der Waals surface area (Å²) in [7, 11) is 4.09. The Bertz CT molecular complexity index is 187. The minimum Gasteiger partial charge on any atom is -0.380 e. The van der Waals surface area contributed by atoms with Crippen molar-refractivity contribution in [1.82, 2.24) is 4.90 Å². The van der Waals surface area contributed by atoms with Crippen molar-refractivity contribution in [2.24, 2.45) is 0 Å². The van der Waals surface area contributed by atoms with E-state index in [2.05, 4.69) is 34.5 Å². The third kappa shape index (κ3) is 1.21. The van der Waals surface area contributed by atoms with E-state index in [4.69, 9.17) is 4.74 Å². The second-order valence-corrected chi connectivity index (χ2v) is 5.96. The molecule has 0 amide bonds. The Hall–Kier alpha value is 0.650. The summed E-state index contributed by atoms with van der Waals surface area (Å²) in [6, 6.07) is 0.681. The average Bonchev–Trinajstić information content (AvgIpc) is 2.29. The zero-order chi connectivity index (χ0) is 8.77. The molecule has 12 heavy (non-hydrogen) atoms. The van der Waals surface area contributed by atoms with Gasteiger partial charge in [0.15, 0.2) is 0 Å². The fourth-order valence-electron chi connectivity index (χ4n) is 2.60. The van der Waals surface area contributed by atoms with Gasteiger partial charge >= 0.3 is 0 Å². The Labute approximate surface area is 87.8 Å². The topological polar surface area (TPSA) is 12.5 Å². The lowest BCUT2D eigenvalue weighted by Gasteiger charge is -2.42. The van der Waals surface area contributed by atoms with Gasteiger partial charge in [0.1, 0.15) is 0 Å². The quantitative estimate of drug-likeness (QED) is 0.414. The minimum atomic E-state index is 0.456. The van der Waals surface area contributed by atoms with Gasteiger partial charge in [0.25, 0.3) is 0 Å². The summed E-state index contributed by atoms with van der Waals surface area (Å²) in [5.41, 5.74) is 0. The molecule has 2 rings (SSSR count). The Morgan fingerprint density at radius 1 is 1.42 bits per heavy atom. The van der Waals surface area contributed by atoms with Gasteiger partial charge < -0.3 is 4.74 Å². The molecule has 2 aliphatic heterocycles. The van der Waals surface area contributed by atoms with Gasteiger partial charge in [-0.05, 0) is 32.7 Å². The van der Waals surface area contributed by atoms with Crippen LogP contribution in [0.15, 0.2) is 0 Å². The molecule has 2 aliphatic rings. The van der Waals surface area contributed by atoms with Crippen LogP contribution in [-0.2, 0) is 4.74 Å². The highest BCUT2D eigenvalue weighted by Crippen LogP contribution is 2.47. The Morgan fingerprint density at radius 3 is 2.75 bits per heavy atom. The Balaban J connectivity index is 2.16. The molecule has 2 fully saturated rings. The van der Waals surface area contributed by atoms with Gasteiger partial charge in [-0.15, -0.1) is 0 Å². The first-order chi connectivity index (χ1) is 5.67. The fraction of sp³-hybridized carbons (Fsp3) is 1.00. The van der Waals surface area contributed by atoms with E-state index in [1.54, 1.807) is 0 Å². The maximum atomic E-state index is 5.49. The first-order valence-corrected chi connectivity index (χ1v) is 5.70. The lowest BCUT2D eigenvalue weighted by molar-refractivity contribution is -0.00711. The van der Waals surface area contributed by atoms with E-state index in [0.717, 1.165) is 0 Å². The van der Waals surface area contributed by atoms with Crippen molar-refractivity contribution < 1.29 is 4.74 Å². The molecular formula is C9H16INO. The van der Waals surface area contributed by atoms with Gasteiger partial charge in [-0.3, -0.25) is 4.90 Å². The molecule has 2 bridgehead atoms. The maximum absolute atomic E-state index is 5.49. The summed E-state index contributed by atoms with van der Waals surface area (Å²) < 4.78 is 5.95. The van der Waals surface area contributed by atoms with Gasteiger partial charge in [-0.1, -0.05) is 22.6 Å². The third-order valence-corrected chi connectivity index (χ3v) is 5.34. The number of methoxy groups -OCH3 is 1. The number of ether oxygens (including phenoxy) is 1. The predicted octanol–water partition coefficient (Wildman–Crippen LogP) is 2.02. The molecule has 0 aliphatic carbocycles. The highest BCUT2D eigenvalue weighted by molar-refractivity contribution is 14.1. The van der Waals surface area contributed by atoms with E-state index < -0.39 is 0 Å². The van der Waals surface area contributed by atoms with E-state index in [-0.39, 0.29) is 0 Å². The van der Waals surface area contributed by atoms with Crippen LogP contribution in [0.2, 0.25) is 0 Å². The number of halogens is 1. The van der Waals surface area contributed by atoms with Crippen LogP contribution in [-0.4, -0.2) is 34.7 Å². The van der Waals surface area contributed by atoms with E-state index in [1.807, 2.05) is 7.11 Å². The Kier molecular flexibility index (Phi) is 2.38. The SMILES string of the molecule is COC1CCC2(I)CCC1N2C. The second kappa shape index (κ2) is 3.10. The number of fused-ring (bicyclic) bond motifs is 2. The van der Waals surface area contributed by atoms with Crippen molar-refractivity contribution in [2.45, 2.75) is 41.4 Å². The van der Waals surface area contributed by atoms with Crippen LogP contribution in [0, 0.1) is 0 Å². The van der Waals surface area contributed by atoms with Gasteiger partial charge in [0.05, 0.1) is 9.65 Å². The van der Waals surface area contributed by atoms with Crippen LogP contribution in [0.1, 0.15) is 25.7 Å². The summed E-state index contributed by atoms with van der Waals surface area (Å²) in [6.07, 6.45) is 5.68. The van der Waals surface area contributed by atoms with Crippen molar-refractivity contribution in [3.8, 4) is 0 Å². The molecule has 0 N–H and O–H groups in total. The highest BCUT2D eigenvalue weighted by atomic mass is 127. The van der Waals surface area contributed by atoms with Gasteiger partial charge in [-0.25, -0.2) is 0 Å². The molecule has 2 nitrogen and oxygen atoms in total. The summed E-state index contributed by atoms with van der Waals surface area (Å²) in [5, 5.41) is 0. The molecule has 2 heterocycles. The average molecular weight is 281 g/mol. The van der Waals surface area contributed by atoms with Gasteiger partial charge in [0, 0.05) is 13.2 Å². The smallest absolute Gasteiger partial charge is 0.0732 e. The summed E-state index contributed by atoms with van der Waals surface area (Å²) in [4.78, 5) is 2.52. The lowest BCUT2D eigenvalue weighted by atomic mass is 10.0. The van der Waals surface area contributed by atoms with Gasteiger partial charge in [0.2, 0.25) is 0 Å². The molecule has 3 unspecified atom stereocenters. The molecule has 70 valence electrons. The maximum Gasteiger partial charge on any atom is 0.0732 e. The van der Waals surface area contributed by atoms with Crippen molar-refractivity contribution in [3.05, 3.63) is 0 Å². The van der Waals surface area contributed by atoms with Gasteiger partial charge in [-0.2, -0.15) is 0 Å². The van der Waals surface area contributed by atoms with Crippen LogP contribution in [0.3, 0.4) is 0 Å². The molecule has 0 saturated carbocycles. The van der Waals surface area contributed by atoms with E-state index in [1.165, 1.54) is 25.7 Å². The van der Waals surface area contributed by atoms with E-state index in [0.29, 0.717) is 15.7 Å². The number of hydrogen-bond acceptors (Lipinski definition) is 2. The zero-order valence-corrected chi connectivity index (χ0v) is 9.87. The zero-order valence-electron chi connectivity index (χ0n) is 7.72. The molecular weight excluding hydrogens is 265 g/mol. The standard InChI is InChI=1S/C9H16INO/c1-11-7-3-5-9(11,10)6-4-8(7)12-2/h7-8H,3-6H2,1-2H3. The molecule has 3 heteroatoms. The van der Waals surface area contributed by atoms with Crippen molar-refractivity contribution in [2.75, 3.05) is 14.2 Å². The van der Waals surface area contributed by atoms with Crippen LogP contribution < -0.4 is 0 Å². The summed E-state index contributed by atoms with van der Waals surface area (Å²) >= 11 is 2.62.